The largest absolute Gasteiger partial charge is 0.366 e. The number of fused-ring (bicyclic) bond motifs is 1. The maximum atomic E-state index is 11.1. The van der Waals surface area contributed by atoms with Gasteiger partial charge in [0.2, 0.25) is 5.91 Å². The average Bonchev–Trinajstić information content (AvgIpc) is 3.22. The highest BCUT2D eigenvalue weighted by atomic mass is 16.5. The van der Waals surface area contributed by atoms with Crippen molar-refractivity contribution in [3.63, 3.8) is 0 Å². The van der Waals surface area contributed by atoms with Crippen molar-refractivity contribution in [3.8, 4) is 11.5 Å². The molecule has 0 radical (unpaired) electrons. The van der Waals surface area contributed by atoms with Gasteiger partial charge >= 0.3 is 0 Å². The molecule has 8 heteroatoms. The lowest BCUT2D eigenvalue weighted by Gasteiger charge is -1.98. The van der Waals surface area contributed by atoms with Crippen molar-refractivity contribution < 1.29 is 9.32 Å². The van der Waals surface area contributed by atoms with Crippen molar-refractivity contribution >= 4 is 11.4 Å². The minimum atomic E-state index is -0.454. The topological polar surface area (TPSA) is 112 Å². The lowest BCUT2D eigenvalue weighted by atomic mass is 10.1. The van der Waals surface area contributed by atoms with Gasteiger partial charge < -0.3 is 10.3 Å². The molecule has 0 fully saturated rings. The van der Waals surface area contributed by atoms with E-state index < -0.39 is 5.91 Å². The molecule has 0 bridgehead atoms. The molecule has 1 amide bonds. The Morgan fingerprint density at radius 1 is 1.21 bits per heavy atom. The first kappa shape index (κ1) is 14.1. The molecule has 24 heavy (non-hydrogen) atoms. The third-order valence-corrected chi connectivity index (χ3v) is 3.62. The van der Waals surface area contributed by atoms with Gasteiger partial charge in [-0.25, -0.2) is 4.52 Å². The van der Waals surface area contributed by atoms with E-state index in [9.17, 15) is 4.79 Å². The van der Waals surface area contributed by atoms with Gasteiger partial charge in [-0.3, -0.25) is 9.78 Å². The summed E-state index contributed by atoms with van der Waals surface area (Å²) in [5.41, 5.74) is 8.16. The van der Waals surface area contributed by atoms with Crippen molar-refractivity contribution in [2.24, 2.45) is 5.73 Å². The lowest BCUT2D eigenvalue weighted by Crippen LogP contribution is -2.10. The molecule has 0 aliphatic carbocycles. The number of amides is 1. The van der Waals surface area contributed by atoms with Crippen LogP contribution in [0.5, 0.6) is 0 Å². The first-order valence-electron chi connectivity index (χ1n) is 7.20. The Balaban J connectivity index is 1.59. The van der Waals surface area contributed by atoms with Crippen molar-refractivity contribution in [2.75, 3.05) is 0 Å². The fourth-order valence-electron chi connectivity index (χ4n) is 2.40. The summed E-state index contributed by atoms with van der Waals surface area (Å²) in [5, 5.41) is 8.22. The number of primary amides is 1. The fourth-order valence-corrected chi connectivity index (χ4v) is 2.40. The lowest BCUT2D eigenvalue weighted by molar-refractivity contribution is 0.100. The molecule has 0 saturated carbocycles. The molecule has 4 rings (SSSR count). The minimum Gasteiger partial charge on any atom is -0.366 e. The second-order valence-electron chi connectivity index (χ2n) is 5.22. The van der Waals surface area contributed by atoms with Gasteiger partial charge in [-0.05, 0) is 17.7 Å². The van der Waals surface area contributed by atoms with Crippen LogP contribution in [0, 0.1) is 0 Å². The highest BCUT2D eigenvalue weighted by Crippen LogP contribution is 2.22. The maximum absolute atomic E-state index is 11.1. The number of hydrogen-bond donors (Lipinski definition) is 1. The third-order valence-electron chi connectivity index (χ3n) is 3.62. The van der Waals surface area contributed by atoms with Gasteiger partial charge in [0.15, 0.2) is 5.82 Å². The summed E-state index contributed by atoms with van der Waals surface area (Å²) < 4.78 is 7.02. The Morgan fingerprint density at radius 3 is 2.83 bits per heavy atom. The Kier molecular flexibility index (Phi) is 3.27. The van der Waals surface area contributed by atoms with E-state index in [4.69, 9.17) is 10.3 Å². The molecule has 1 aromatic carbocycles. The van der Waals surface area contributed by atoms with E-state index in [1.165, 1.54) is 0 Å². The predicted molar refractivity (Wildman–Crippen MR) is 84.0 cm³/mol. The number of carbonyl (C=O) groups is 1. The minimum absolute atomic E-state index is 0.391. The van der Waals surface area contributed by atoms with Crippen LogP contribution in [-0.2, 0) is 6.42 Å². The summed E-state index contributed by atoms with van der Waals surface area (Å²) in [4.78, 5) is 19.6. The number of aromatic nitrogens is 5. The summed E-state index contributed by atoms with van der Waals surface area (Å²) in [6.07, 6.45) is 7.24. The molecule has 0 atom stereocenters. The molecule has 4 aromatic rings. The average molecular weight is 320 g/mol. The van der Waals surface area contributed by atoms with Crippen LogP contribution in [-0.4, -0.2) is 30.6 Å². The van der Waals surface area contributed by atoms with Crippen LogP contribution in [0.4, 0.5) is 0 Å². The van der Waals surface area contributed by atoms with E-state index in [-0.39, 0.29) is 0 Å². The molecule has 0 aliphatic heterocycles. The Labute approximate surface area is 135 Å². The van der Waals surface area contributed by atoms with Gasteiger partial charge in [0.1, 0.15) is 0 Å². The predicted octanol–water partition coefficient (Wildman–Crippen LogP) is 1.47. The van der Waals surface area contributed by atoms with E-state index in [0.717, 1.165) is 16.6 Å². The second kappa shape index (κ2) is 5.58. The fraction of sp³-hybridized carbons (Fsp3) is 0.0625. The summed E-state index contributed by atoms with van der Waals surface area (Å²) in [6.45, 7) is 0. The smallest absolute Gasteiger partial charge is 0.261 e. The summed E-state index contributed by atoms with van der Waals surface area (Å²) in [5.74, 6) is 0.479. The number of hydrogen-bond acceptors (Lipinski definition) is 6. The molecule has 3 heterocycles. The van der Waals surface area contributed by atoms with Crippen LogP contribution in [0.1, 0.15) is 21.7 Å². The van der Waals surface area contributed by atoms with Gasteiger partial charge in [-0.15, -0.1) is 0 Å². The molecule has 0 unspecified atom stereocenters. The van der Waals surface area contributed by atoms with Gasteiger partial charge in [0.25, 0.3) is 5.89 Å². The van der Waals surface area contributed by atoms with Crippen LogP contribution < -0.4 is 5.73 Å². The highest BCUT2D eigenvalue weighted by Gasteiger charge is 2.14. The number of carbonyl (C=O) groups excluding carboxylic acids is 1. The van der Waals surface area contributed by atoms with Crippen LogP contribution in [0.2, 0.25) is 0 Å². The highest BCUT2D eigenvalue weighted by molar-refractivity contribution is 5.92. The zero-order valence-corrected chi connectivity index (χ0v) is 12.5. The third kappa shape index (κ3) is 2.50. The number of rotatable bonds is 4. The van der Waals surface area contributed by atoms with Gasteiger partial charge in [0, 0.05) is 24.4 Å². The molecule has 0 spiro atoms. The molecule has 3 aromatic heterocycles. The van der Waals surface area contributed by atoms with E-state index in [0.29, 0.717) is 23.7 Å². The quantitative estimate of drug-likeness (QED) is 0.609. The molecule has 118 valence electrons. The second-order valence-corrected chi connectivity index (χ2v) is 5.22. The zero-order valence-electron chi connectivity index (χ0n) is 12.5. The van der Waals surface area contributed by atoms with Crippen molar-refractivity contribution in [3.05, 3.63) is 66.0 Å². The molecule has 2 N–H and O–H groups in total. The van der Waals surface area contributed by atoms with E-state index in [2.05, 4.69) is 20.2 Å². The molecular formula is C16H12N6O2. The molecule has 0 saturated heterocycles. The Hall–Kier alpha value is -3.55. The normalized spacial score (nSPS) is 11.0. The number of benzene rings is 1. The number of nitrogens with zero attached hydrogens (tertiary/aromatic N) is 5. The molecular weight excluding hydrogens is 308 g/mol. The van der Waals surface area contributed by atoms with Crippen LogP contribution in [0.15, 0.2) is 53.6 Å². The van der Waals surface area contributed by atoms with E-state index in [1.54, 1.807) is 41.4 Å². The van der Waals surface area contributed by atoms with Crippen LogP contribution in [0.3, 0.4) is 0 Å². The first-order chi connectivity index (χ1) is 11.7. The van der Waals surface area contributed by atoms with E-state index in [1.807, 2.05) is 12.1 Å². The zero-order chi connectivity index (χ0) is 16.5. The van der Waals surface area contributed by atoms with Crippen molar-refractivity contribution in [1.82, 2.24) is 24.7 Å². The molecule has 0 aliphatic rings. The van der Waals surface area contributed by atoms with Crippen LogP contribution >= 0.6 is 0 Å². The van der Waals surface area contributed by atoms with Gasteiger partial charge in [-0.2, -0.15) is 10.1 Å². The van der Waals surface area contributed by atoms with Crippen molar-refractivity contribution in [1.29, 1.82) is 0 Å². The summed E-state index contributed by atoms with van der Waals surface area (Å²) >= 11 is 0. The van der Waals surface area contributed by atoms with Gasteiger partial charge in [-0.1, -0.05) is 17.3 Å². The SMILES string of the molecule is NC(=O)c1ccc(Cc2noc(-c3cnn4ccncc34)n2)cc1. The van der Waals surface area contributed by atoms with Crippen molar-refractivity contribution in [2.45, 2.75) is 6.42 Å². The number of nitrogens with two attached hydrogens (primary N) is 1. The van der Waals surface area contributed by atoms with Crippen LogP contribution in [0.25, 0.3) is 17.0 Å². The monoisotopic (exact) mass is 320 g/mol. The summed E-state index contributed by atoms with van der Waals surface area (Å²) in [7, 11) is 0. The molecule has 8 nitrogen and oxygen atoms in total. The maximum Gasteiger partial charge on any atom is 0.261 e. The Morgan fingerprint density at radius 2 is 2.04 bits per heavy atom. The Bertz CT molecular complexity index is 1020. The standard InChI is InChI=1S/C16H12N6O2/c17-15(23)11-3-1-10(2-4-11)7-14-20-16(24-21-14)12-8-19-22-6-5-18-9-13(12)22/h1-6,8-9H,7H2,(H2,17,23). The first-order valence-corrected chi connectivity index (χ1v) is 7.20. The summed E-state index contributed by atoms with van der Waals surface area (Å²) in [6, 6.07) is 6.98. The van der Waals surface area contributed by atoms with Gasteiger partial charge in [0.05, 0.1) is 23.5 Å². The van der Waals surface area contributed by atoms with E-state index >= 15 is 0 Å².